The maximum Gasteiger partial charge on any atom is 0.262 e. The lowest BCUT2D eigenvalue weighted by atomic mass is 10.1. The number of nitrogens with one attached hydrogen (secondary N) is 2. The molecular weight excluding hydrogens is 344 g/mol. The number of carbonyl (C=O) groups is 2. The predicted molar refractivity (Wildman–Crippen MR) is 92.8 cm³/mol. The van der Waals surface area contributed by atoms with Crippen molar-refractivity contribution in [3.05, 3.63) is 47.5 Å². The topological polar surface area (TPSA) is 102 Å². The van der Waals surface area contributed by atoms with Crippen LogP contribution in [-0.2, 0) is 14.6 Å². The molecule has 130 valence electrons. The normalized spacial score (nSPS) is 13.4. The number of carbonyl (C=O) groups excluding carboxylic acids is 2. The highest BCUT2D eigenvalue weighted by Crippen LogP contribution is 2.29. The van der Waals surface area contributed by atoms with Gasteiger partial charge in [-0.3, -0.25) is 9.59 Å². The third-order valence-corrected chi connectivity index (χ3v) is 4.87. The van der Waals surface area contributed by atoms with E-state index in [0.717, 1.165) is 11.8 Å². The van der Waals surface area contributed by atoms with E-state index in [-0.39, 0.29) is 17.4 Å². The fourth-order valence-corrected chi connectivity index (χ4v) is 3.02. The minimum Gasteiger partial charge on any atom is -0.482 e. The predicted octanol–water partition coefficient (Wildman–Crippen LogP) is 1.98. The van der Waals surface area contributed by atoms with Crippen LogP contribution in [0.1, 0.15) is 15.9 Å². The zero-order valence-corrected chi connectivity index (χ0v) is 14.4. The Labute approximate surface area is 144 Å². The molecule has 1 aliphatic rings. The first kappa shape index (κ1) is 17.0. The van der Waals surface area contributed by atoms with Gasteiger partial charge in [-0.15, -0.1) is 0 Å². The van der Waals surface area contributed by atoms with Crippen LogP contribution in [0.5, 0.6) is 5.75 Å². The Kier molecular flexibility index (Phi) is 4.22. The summed E-state index contributed by atoms with van der Waals surface area (Å²) < 4.78 is 28.6. The standard InChI is InChI=1S/C17H16N2O5S/c1-10-3-5-12(25(2,22)23)8-14(10)19-17(21)11-4-6-13-15(7-11)24-9-16(20)18-13/h3-8H,9H2,1-2H3,(H,18,20)(H,19,21). The van der Waals surface area contributed by atoms with Crippen LogP contribution in [0.15, 0.2) is 41.3 Å². The van der Waals surface area contributed by atoms with Gasteiger partial charge in [-0.2, -0.15) is 0 Å². The third kappa shape index (κ3) is 3.63. The molecule has 0 atom stereocenters. The van der Waals surface area contributed by atoms with Gasteiger partial charge in [0.25, 0.3) is 11.8 Å². The van der Waals surface area contributed by atoms with Crippen LogP contribution in [-0.4, -0.2) is 33.1 Å². The summed E-state index contributed by atoms with van der Waals surface area (Å²) in [4.78, 5) is 23.9. The van der Waals surface area contributed by atoms with Gasteiger partial charge >= 0.3 is 0 Å². The Bertz CT molecular complexity index is 983. The number of benzene rings is 2. The zero-order chi connectivity index (χ0) is 18.2. The van der Waals surface area contributed by atoms with Crippen molar-refractivity contribution in [2.24, 2.45) is 0 Å². The molecule has 0 unspecified atom stereocenters. The summed E-state index contributed by atoms with van der Waals surface area (Å²) in [5.41, 5.74) is 1.99. The van der Waals surface area contributed by atoms with Gasteiger partial charge in [0.05, 0.1) is 10.6 Å². The Balaban J connectivity index is 1.87. The highest BCUT2D eigenvalue weighted by Gasteiger charge is 2.18. The molecule has 25 heavy (non-hydrogen) atoms. The molecule has 0 aromatic heterocycles. The van der Waals surface area contributed by atoms with Crippen LogP contribution in [0.3, 0.4) is 0 Å². The summed E-state index contributed by atoms with van der Waals surface area (Å²) in [6.07, 6.45) is 1.11. The smallest absolute Gasteiger partial charge is 0.262 e. The Hall–Kier alpha value is -2.87. The summed E-state index contributed by atoms with van der Waals surface area (Å²) in [5.74, 6) is -0.246. The fraction of sp³-hybridized carbons (Fsp3) is 0.176. The van der Waals surface area contributed by atoms with E-state index in [1.807, 2.05) is 0 Å². The van der Waals surface area contributed by atoms with Crippen LogP contribution in [0.25, 0.3) is 0 Å². The van der Waals surface area contributed by atoms with Crippen LogP contribution in [0.2, 0.25) is 0 Å². The Morgan fingerprint density at radius 2 is 1.96 bits per heavy atom. The molecule has 0 saturated carbocycles. The molecule has 2 N–H and O–H groups in total. The van der Waals surface area contributed by atoms with Crippen LogP contribution in [0, 0.1) is 6.92 Å². The van der Waals surface area contributed by atoms with Crippen LogP contribution < -0.4 is 15.4 Å². The largest absolute Gasteiger partial charge is 0.482 e. The molecule has 2 aromatic carbocycles. The van der Waals surface area contributed by atoms with E-state index in [0.29, 0.717) is 22.7 Å². The molecule has 0 radical (unpaired) electrons. The first-order valence-corrected chi connectivity index (χ1v) is 9.32. The average molecular weight is 360 g/mol. The fourth-order valence-electron chi connectivity index (χ4n) is 2.38. The molecule has 0 fully saturated rings. The number of fused-ring (bicyclic) bond motifs is 1. The van der Waals surface area contributed by atoms with E-state index >= 15 is 0 Å². The molecule has 7 nitrogen and oxygen atoms in total. The first-order chi connectivity index (χ1) is 11.7. The number of anilines is 2. The lowest BCUT2D eigenvalue weighted by Gasteiger charge is -2.18. The third-order valence-electron chi connectivity index (χ3n) is 3.76. The number of hydrogen-bond donors (Lipinski definition) is 2. The van der Waals surface area contributed by atoms with Crippen LogP contribution >= 0.6 is 0 Å². The number of ether oxygens (including phenoxy) is 1. The monoisotopic (exact) mass is 360 g/mol. The maximum atomic E-state index is 12.5. The molecule has 8 heteroatoms. The summed E-state index contributed by atoms with van der Waals surface area (Å²) in [7, 11) is -3.37. The first-order valence-electron chi connectivity index (χ1n) is 7.43. The summed E-state index contributed by atoms with van der Waals surface area (Å²) in [6, 6.07) is 9.23. The number of hydrogen-bond acceptors (Lipinski definition) is 5. The molecule has 0 aliphatic carbocycles. The number of rotatable bonds is 3. The molecule has 2 amide bonds. The number of sulfone groups is 1. The zero-order valence-electron chi connectivity index (χ0n) is 13.6. The maximum absolute atomic E-state index is 12.5. The van der Waals surface area contributed by atoms with E-state index in [1.165, 1.54) is 18.2 Å². The van der Waals surface area contributed by atoms with Crippen LogP contribution in [0.4, 0.5) is 11.4 Å². The highest BCUT2D eigenvalue weighted by molar-refractivity contribution is 7.90. The van der Waals surface area contributed by atoms with E-state index in [4.69, 9.17) is 4.74 Å². The molecule has 1 aliphatic heterocycles. The molecular formula is C17H16N2O5S. The molecule has 3 rings (SSSR count). The second-order valence-electron chi connectivity index (χ2n) is 5.75. The minimum atomic E-state index is -3.37. The van der Waals surface area contributed by atoms with Crippen molar-refractivity contribution in [3.63, 3.8) is 0 Å². The van der Waals surface area contributed by atoms with Crippen molar-refractivity contribution in [1.29, 1.82) is 0 Å². The summed E-state index contributed by atoms with van der Waals surface area (Å²) >= 11 is 0. The van der Waals surface area contributed by atoms with Gasteiger partial charge < -0.3 is 15.4 Å². The minimum absolute atomic E-state index is 0.104. The van der Waals surface area contributed by atoms with Gasteiger partial charge in [0.15, 0.2) is 16.4 Å². The number of aryl methyl sites for hydroxylation is 1. The summed E-state index contributed by atoms with van der Waals surface area (Å²) in [6.45, 7) is 1.67. The molecule has 0 saturated heterocycles. The Morgan fingerprint density at radius 3 is 2.68 bits per heavy atom. The van der Waals surface area contributed by atoms with Gasteiger partial charge in [0.2, 0.25) is 0 Å². The van der Waals surface area contributed by atoms with Crippen molar-refractivity contribution in [1.82, 2.24) is 0 Å². The van der Waals surface area contributed by atoms with Gasteiger partial charge in [-0.25, -0.2) is 8.42 Å². The lowest BCUT2D eigenvalue weighted by Crippen LogP contribution is -2.25. The second kappa shape index (κ2) is 6.21. The number of amides is 2. The van der Waals surface area contributed by atoms with Gasteiger partial charge in [0, 0.05) is 17.5 Å². The van der Waals surface area contributed by atoms with Gasteiger partial charge in [-0.1, -0.05) is 6.07 Å². The highest BCUT2D eigenvalue weighted by atomic mass is 32.2. The van der Waals surface area contributed by atoms with Gasteiger partial charge in [0.1, 0.15) is 5.75 Å². The average Bonchev–Trinajstić information content (AvgIpc) is 2.55. The van der Waals surface area contributed by atoms with Gasteiger partial charge in [-0.05, 0) is 42.8 Å². The van der Waals surface area contributed by atoms with E-state index in [1.54, 1.807) is 25.1 Å². The quantitative estimate of drug-likeness (QED) is 0.871. The Morgan fingerprint density at radius 1 is 1.20 bits per heavy atom. The van der Waals surface area contributed by atoms with Crippen molar-refractivity contribution >= 4 is 33.0 Å². The molecule has 1 heterocycles. The molecule has 0 bridgehead atoms. The lowest BCUT2D eigenvalue weighted by molar-refractivity contribution is -0.118. The van der Waals surface area contributed by atoms with Crippen molar-refractivity contribution in [2.45, 2.75) is 11.8 Å². The van der Waals surface area contributed by atoms with E-state index in [2.05, 4.69) is 10.6 Å². The van der Waals surface area contributed by atoms with E-state index < -0.39 is 15.7 Å². The molecule has 0 spiro atoms. The van der Waals surface area contributed by atoms with Crippen molar-refractivity contribution in [3.8, 4) is 5.75 Å². The van der Waals surface area contributed by atoms with E-state index in [9.17, 15) is 18.0 Å². The van der Waals surface area contributed by atoms with Crippen molar-refractivity contribution < 1.29 is 22.7 Å². The second-order valence-corrected chi connectivity index (χ2v) is 7.77. The van der Waals surface area contributed by atoms with Crippen molar-refractivity contribution in [2.75, 3.05) is 23.5 Å². The summed E-state index contributed by atoms with van der Waals surface area (Å²) in [5, 5.41) is 5.35. The SMILES string of the molecule is Cc1ccc(S(C)(=O)=O)cc1NC(=O)c1ccc2c(c1)OCC(=O)N2. The molecule has 2 aromatic rings.